The number of aromatic nitrogens is 1. The summed E-state index contributed by atoms with van der Waals surface area (Å²) in [7, 11) is 0. The van der Waals surface area contributed by atoms with E-state index in [1.54, 1.807) is 12.1 Å². The van der Waals surface area contributed by atoms with Crippen LogP contribution in [0.15, 0.2) is 24.3 Å². The molecular formula is C14H13Cl3FN3. The molecule has 2 rings (SSSR count). The van der Waals surface area contributed by atoms with Gasteiger partial charge in [-0.25, -0.2) is 9.37 Å². The Hall–Kier alpha value is -1.23. The predicted molar refractivity (Wildman–Crippen MR) is 87.7 cm³/mol. The summed E-state index contributed by atoms with van der Waals surface area (Å²) >= 11 is 17.9. The van der Waals surface area contributed by atoms with E-state index < -0.39 is 5.82 Å². The quantitative estimate of drug-likeness (QED) is 0.722. The van der Waals surface area contributed by atoms with Crippen molar-refractivity contribution in [2.75, 3.05) is 17.2 Å². The largest absolute Gasteiger partial charge is 0.369 e. The standard InChI is InChI=1S/C14H13Cl3FN3/c1-2-5-19-13-9(16)7-10(17)14(21-13)20-12-4-3-8(15)6-11(12)18/h3-4,6-7H,2,5H2,1H3,(H2,19,20,21). The second-order valence-corrected chi connectivity index (χ2v) is 5.58. The van der Waals surface area contributed by atoms with Crippen LogP contribution in [0.25, 0.3) is 0 Å². The monoisotopic (exact) mass is 347 g/mol. The fourth-order valence-electron chi connectivity index (χ4n) is 1.64. The number of rotatable bonds is 5. The van der Waals surface area contributed by atoms with Crippen molar-refractivity contribution in [2.24, 2.45) is 0 Å². The number of anilines is 3. The van der Waals surface area contributed by atoms with E-state index in [2.05, 4.69) is 15.6 Å². The summed E-state index contributed by atoms with van der Waals surface area (Å²) in [6.07, 6.45) is 0.926. The number of nitrogens with zero attached hydrogens (tertiary/aromatic N) is 1. The average molecular weight is 349 g/mol. The molecule has 0 radical (unpaired) electrons. The van der Waals surface area contributed by atoms with Crippen LogP contribution < -0.4 is 10.6 Å². The lowest BCUT2D eigenvalue weighted by atomic mass is 10.3. The number of halogens is 4. The zero-order valence-electron chi connectivity index (χ0n) is 11.2. The Labute approximate surface area is 137 Å². The van der Waals surface area contributed by atoms with Crippen LogP contribution >= 0.6 is 34.8 Å². The molecule has 0 unspecified atom stereocenters. The lowest BCUT2D eigenvalue weighted by Crippen LogP contribution is -2.05. The van der Waals surface area contributed by atoms with Crippen LogP contribution in [-0.2, 0) is 0 Å². The minimum Gasteiger partial charge on any atom is -0.369 e. The van der Waals surface area contributed by atoms with Gasteiger partial charge in [0, 0.05) is 11.6 Å². The Morgan fingerprint density at radius 2 is 1.81 bits per heavy atom. The first kappa shape index (κ1) is 16.1. The van der Waals surface area contributed by atoms with Gasteiger partial charge in [-0.15, -0.1) is 0 Å². The van der Waals surface area contributed by atoms with Crippen molar-refractivity contribution in [3.05, 3.63) is 45.2 Å². The first-order chi connectivity index (χ1) is 10.0. The van der Waals surface area contributed by atoms with Gasteiger partial charge in [0.2, 0.25) is 0 Å². The first-order valence-electron chi connectivity index (χ1n) is 6.33. The van der Waals surface area contributed by atoms with Crippen molar-refractivity contribution >= 4 is 52.1 Å². The number of benzene rings is 1. The third-order valence-electron chi connectivity index (χ3n) is 2.66. The van der Waals surface area contributed by atoms with Gasteiger partial charge < -0.3 is 10.6 Å². The highest BCUT2D eigenvalue weighted by molar-refractivity contribution is 6.37. The van der Waals surface area contributed by atoms with Gasteiger partial charge in [0.15, 0.2) is 5.82 Å². The van der Waals surface area contributed by atoms with Gasteiger partial charge in [-0.3, -0.25) is 0 Å². The highest BCUT2D eigenvalue weighted by Crippen LogP contribution is 2.32. The minimum atomic E-state index is -0.488. The van der Waals surface area contributed by atoms with Crippen LogP contribution in [0.3, 0.4) is 0 Å². The molecule has 0 bridgehead atoms. The lowest BCUT2D eigenvalue weighted by molar-refractivity contribution is 0.632. The van der Waals surface area contributed by atoms with Gasteiger partial charge in [-0.1, -0.05) is 41.7 Å². The van der Waals surface area contributed by atoms with Crippen molar-refractivity contribution in [1.29, 1.82) is 0 Å². The Kier molecular flexibility index (Phi) is 5.51. The average Bonchev–Trinajstić information content (AvgIpc) is 2.43. The van der Waals surface area contributed by atoms with Crippen molar-refractivity contribution in [2.45, 2.75) is 13.3 Å². The van der Waals surface area contributed by atoms with E-state index in [4.69, 9.17) is 34.8 Å². The van der Waals surface area contributed by atoms with E-state index in [1.165, 1.54) is 12.1 Å². The van der Waals surface area contributed by atoms with Gasteiger partial charge >= 0.3 is 0 Å². The molecule has 0 saturated heterocycles. The Morgan fingerprint density at radius 3 is 2.48 bits per heavy atom. The molecule has 0 spiro atoms. The fourth-order valence-corrected chi connectivity index (χ4v) is 2.27. The molecule has 2 aromatic rings. The van der Waals surface area contributed by atoms with Crippen molar-refractivity contribution < 1.29 is 4.39 Å². The van der Waals surface area contributed by atoms with Crippen LogP contribution in [0.5, 0.6) is 0 Å². The first-order valence-corrected chi connectivity index (χ1v) is 7.46. The summed E-state index contributed by atoms with van der Waals surface area (Å²) in [4.78, 5) is 4.28. The number of hydrogen-bond acceptors (Lipinski definition) is 3. The van der Waals surface area contributed by atoms with E-state index in [0.29, 0.717) is 26.7 Å². The molecule has 1 heterocycles. The molecule has 0 aliphatic carbocycles. The molecule has 2 N–H and O–H groups in total. The lowest BCUT2D eigenvalue weighted by Gasteiger charge is -2.12. The summed E-state index contributed by atoms with van der Waals surface area (Å²) in [5.41, 5.74) is 0.234. The highest BCUT2D eigenvalue weighted by Gasteiger charge is 2.11. The van der Waals surface area contributed by atoms with Crippen LogP contribution in [0, 0.1) is 5.82 Å². The summed E-state index contributed by atoms with van der Waals surface area (Å²) in [6, 6.07) is 5.87. The molecule has 0 atom stereocenters. The molecule has 112 valence electrons. The van der Waals surface area contributed by atoms with Gasteiger partial charge in [0.25, 0.3) is 0 Å². The Bertz CT molecular complexity index is 650. The van der Waals surface area contributed by atoms with Gasteiger partial charge in [0.1, 0.15) is 11.6 Å². The van der Waals surface area contributed by atoms with Crippen molar-refractivity contribution in [3.63, 3.8) is 0 Å². The number of nitrogens with one attached hydrogen (secondary N) is 2. The topological polar surface area (TPSA) is 37.0 Å². The van der Waals surface area contributed by atoms with E-state index in [1.807, 2.05) is 6.92 Å². The van der Waals surface area contributed by atoms with E-state index in [9.17, 15) is 4.39 Å². The van der Waals surface area contributed by atoms with Gasteiger partial charge in [-0.05, 0) is 30.7 Å². The van der Waals surface area contributed by atoms with Crippen molar-refractivity contribution in [3.8, 4) is 0 Å². The third kappa shape index (κ3) is 4.13. The van der Waals surface area contributed by atoms with E-state index in [0.717, 1.165) is 13.0 Å². The molecular weight excluding hydrogens is 336 g/mol. The zero-order valence-corrected chi connectivity index (χ0v) is 13.5. The Balaban J connectivity index is 2.30. The number of hydrogen-bond donors (Lipinski definition) is 2. The molecule has 0 aliphatic rings. The highest BCUT2D eigenvalue weighted by atomic mass is 35.5. The molecule has 1 aromatic carbocycles. The fraction of sp³-hybridized carbons (Fsp3) is 0.214. The van der Waals surface area contributed by atoms with Crippen molar-refractivity contribution in [1.82, 2.24) is 4.98 Å². The van der Waals surface area contributed by atoms with E-state index >= 15 is 0 Å². The molecule has 1 aromatic heterocycles. The van der Waals surface area contributed by atoms with Crippen LogP contribution in [0.1, 0.15) is 13.3 Å². The number of pyridine rings is 1. The molecule has 0 fully saturated rings. The summed E-state index contributed by atoms with van der Waals surface area (Å²) < 4.78 is 13.8. The molecule has 0 amide bonds. The molecule has 7 heteroatoms. The smallest absolute Gasteiger partial charge is 0.151 e. The Morgan fingerprint density at radius 1 is 1.10 bits per heavy atom. The maximum Gasteiger partial charge on any atom is 0.151 e. The molecule has 21 heavy (non-hydrogen) atoms. The maximum atomic E-state index is 13.8. The van der Waals surface area contributed by atoms with Crippen LogP contribution in [-0.4, -0.2) is 11.5 Å². The van der Waals surface area contributed by atoms with Gasteiger partial charge in [-0.2, -0.15) is 0 Å². The second-order valence-electron chi connectivity index (χ2n) is 4.33. The normalized spacial score (nSPS) is 10.5. The van der Waals surface area contributed by atoms with Gasteiger partial charge in [0.05, 0.1) is 15.7 Å². The SMILES string of the molecule is CCCNc1nc(Nc2ccc(Cl)cc2F)c(Cl)cc1Cl. The molecule has 0 saturated carbocycles. The second kappa shape index (κ2) is 7.16. The summed E-state index contributed by atoms with van der Waals surface area (Å²) in [6.45, 7) is 2.75. The molecule has 0 aliphatic heterocycles. The maximum absolute atomic E-state index is 13.8. The minimum absolute atomic E-state index is 0.234. The predicted octanol–water partition coefficient (Wildman–Crippen LogP) is 5.75. The third-order valence-corrected chi connectivity index (χ3v) is 3.47. The zero-order chi connectivity index (χ0) is 15.4. The van der Waals surface area contributed by atoms with E-state index in [-0.39, 0.29) is 5.69 Å². The van der Waals surface area contributed by atoms with Crippen LogP contribution in [0.4, 0.5) is 21.7 Å². The summed E-state index contributed by atoms with van der Waals surface area (Å²) in [5.74, 6) is 0.332. The van der Waals surface area contributed by atoms with Crippen LogP contribution in [0.2, 0.25) is 15.1 Å². The molecule has 3 nitrogen and oxygen atoms in total. The summed E-state index contributed by atoms with van der Waals surface area (Å²) in [5, 5.41) is 6.95.